The fourth-order valence-corrected chi connectivity index (χ4v) is 7.20. The van der Waals surface area contributed by atoms with Crippen molar-refractivity contribution in [3.05, 3.63) is 125 Å². The molecule has 5 aromatic rings. The lowest BCUT2D eigenvalue weighted by Gasteiger charge is -2.28. The third-order valence-electron chi connectivity index (χ3n) is 9.58. The molecule has 1 aliphatic carbocycles. The van der Waals surface area contributed by atoms with Gasteiger partial charge in [0.25, 0.3) is 0 Å². The van der Waals surface area contributed by atoms with Crippen molar-refractivity contribution in [3.8, 4) is 11.1 Å². The summed E-state index contributed by atoms with van der Waals surface area (Å²) in [5, 5.41) is 11.0. The molecule has 0 saturated heterocycles. The number of carbonyl (C=O) groups excluding carboxylic acids is 2. The van der Waals surface area contributed by atoms with E-state index >= 15 is 0 Å². The molecule has 0 unspecified atom stereocenters. The molecular weight excluding hydrogens is 614 g/mol. The summed E-state index contributed by atoms with van der Waals surface area (Å²) < 4.78 is 8.09. The van der Waals surface area contributed by atoms with Crippen LogP contribution < -0.4 is 0 Å². The number of amides is 1. The second-order valence-corrected chi connectivity index (χ2v) is 13.5. The van der Waals surface area contributed by atoms with Crippen LogP contribution in [0.1, 0.15) is 60.7 Å². The van der Waals surface area contributed by atoms with E-state index in [1.807, 2.05) is 93.7 Å². The number of ether oxygens (including phenoxy) is 1. The van der Waals surface area contributed by atoms with Gasteiger partial charge in [-0.2, -0.15) is 0 Å². The van der Waals surface area contributed by atoms with E-state index in [1.54, 1.807) is 7.05 Å². The average Bonchev–Trinajstić information content (AvgIpc) is 3.60. The fourth-order valence-electron chi connectivity index (χ4n) is 7.20. The number of aliphatic carboxylic acids is 1. The molecule has 8 nitrogen and oxygen atoms in total. The molecule has 252 valence electrons. The van der Waals surface area contributed by atoms with Crippen LogP contribution in [0.15, 0.2) is 97.2 Å². The number of ketones is 1. The summed E-state index contributed by atoms with van der Waals surface area (Å²) in [6.45, 7) is 6.50. The number of pyridine rings is 1. The third kappa shape index (κ3) is 7.28. The number of benzene rings is 3. The Morgan fingerprint density at radius 3 is 2.20 bits per heavy atom. The first-order valence-corrected chi connectivity index (χ1v) is 16.9. The van der Waals surface area contributed by atoms with E-state index in [4.69, 9.17) is 4.74 Å². The molecule has 6 rings (SSSR count). The number of hydrogen-bond acceptors (Lipinski definition) is 5. The van der Waals surface area contributed by atoms with Gasteiger partial charge in [0.05, 0.1) is 24.2 Å². The normalized spacial score (nSPS) is 13.6. The van der Waals surface area contributed by atoms with Gasteiger partial charge in [-0.15, -0.1) is 0 Å². The molecule has 1 N–H and O–H groups in total. The first-order valence-electron chi connectivity index (χ1n) is 16.9. The van der Waals surface area contributed by atoms with Crippen molar-refractivity contribution in [1.29, 1.82) is 0 Å². The molecular formula is C41H43N3O5. The Labute approximate surface area is 287 Å². The Kier molecular flexibility index (Phi) is 9.95. The zero-order valence-electron chi connectivity index (χ0n) is 28.5. The number of aromatic nitrogens is 2. The number of likely N-dealkylation sites (N-methyl/N-ethyl adjacent to an activating group) is 1. The van der Waals surface area contributed by atoms with Crippen molar-refractivity contribution in [1.82, 2.24) is 14.5 Å². The molecule has 0 spiro atoms. The van der Waals surface area contributed by atoms with Gasteiger partial charge in [0, 0.05) is 48.6 Å². The maximum Gasteiger partial charge on any atom is 0.410 e. The highest BCUT2D eigenvalue weighted by molar-refractivity contribution is 5.92. The summed E-state index contributed by atoms with van der Waals surface area (Å²) in [5.41, 5.74) is 8.16. The van der Waals surface area contributed by atoms with Crippen molar-refractivity contribution < 1.29 is 24.2 Å². The number of rotatable bonds is 13. The smallest absolute Gasteiger partial charge is 0.410 e. The highest BCUT2D eigenvalue weighted by Crippen LogP contribution is 2.44. The summed E-state index contributed by atoms with van der Waals surface area (Å²) in [7, 11) is 1.58. The quantitative estimate of drug-likeness (QED) is 0.138. The maximum absolute atomic E-state index is 14.1. The standard InChI is InChI=1S/C41H43N3O5/c1-26(2)20-28(40(46)47)22-39(45)38(21-29-23-44(37-19-10-9-14-31(29)37)24-30-13-11-12-27(3)42-30)43(4)41(48)49-25-36-34-17-7-5-15-32(34)33-16-6-8-18-35(33)36/h5-19,23,26,28,36,38H,20-22,24-25H2,1-4H3,(H,46,47)/t28-,38+/m1/s1. The van der Waals surface area contributed by atoms with E-state index < -0.39 is 24.0 Å². The van der Waals surface area contributed by atoms with Crippen LogP contribution in [0.3, 0.4) is 0 Å². The van der Waals surface area contributed by atoms with Crippen LogP contribution in [0.2, 0.25) is 0 Å². The van der Waals surface area contributed by atoms with E-state index in [0.29, 0.717) is 13.0 Å². The number of aryl methyl sites for hydroxylation is 1. The second kappa shape index (κ2) is 14.5. The molecule has 1 amide bonds. The zero-order chi connectivity index (χ0) is 34.7. The SMILES string of the molecule is Cc1cccc(Cn2cc(C[C@@H](C(=O)C[C@@H](CC(C)C)C(=O)O)N(C)C(=O)OCC3c4ccccc4-c4ccccc43)c3ccccc32)n1. The van der Waals surface area contributed by atoms with E-state index in [0.717, 1.165) is 50.1 Å². The minimum Gasteiger partial charge on any atom is -0.481 e. The number of nitrogens with zero attached hydrogens (tertiary/aromatic N) is 3. The number of para-hydroxylation sites is 1. The topological polar surface area (TPSA) is 102 Å². The molecule has 0 radical (unpaired) electrons. The van der Waals surface area contributed by atoms with Crippen LogP contribution in [0.25, 0.3) is 22.0 Å². The summed E-state index contributed by atoms with van der Waals surface area (Å²) in [5.74, 6) is -2.19. The molecule has 1 aliphatic rings. The lowest BCUT2D eigenvalue weighted by Crippen LogP contribution is -2.45. The van der Waals surface area contributed by atoms with E-state index in [9.17, 15) is 19.5 Å². The summed E-state index contributed by atoms with van der Waals surface area (Å²) in [6, 6.07) is 29.2. The Morgan fingerprint density at radius 1 is 0.898 bits per heavy atom. The van der Waals surface area contributed by atoms with Gasteiger partial charge in [-0.25, -0.2) is 4.79 Å². The Balaban J connectivity index is 1.28. The van der Waals surface area contributed by atoms with Crippen molar-refractivity contribution >= 4 is 28.7 Å². The largest absolute Gasteiger partial charge is 0.481 e. The molecule has 0 bridgehead atoms. The van der Waals surface area contributed by atoms with Crippen LogP contribution >= 0.6 is 0 Å². The maximum atomic E-state index is 14.1. The molecule has 3 aromatic carbocycles. The summed E-state index contributed by atoms with van der Waals surface area (Å²) in [6.07, 6.45) is 1.80. The van der Waals surface area contributed by atoms with Gasteiger partial charge >= 0.3 is 12.1 Å². The van der Waals surface area contributed by atoms with Crippen LogP contribution in [0.5, 0.6) is 0 Å². The van der Waals surface area contributed by atoms with Gasteiger partial charge in [0.1, 0.15) is 6.61 Å². The van der Waals surface area contributed by atoms with E-state index in [-0.39, 0.29) is 37.1 Å². The lowest BCUT2D eigenvalue weighted by molar-refractivity contribution is -0.144. The fraction of sp³-hybridized carbons (Fsp3) is 0.317. The summed E-state index contributed by atoms with van der Waals surface area (Å²) >= 11 is 0. The lowest BCUT2D eigenvalue weighted by atomic mass is 9.89. The molecule has 8 heteroatoms. The molecule has 0 aliphatic heterocycles. The highest BCUT2D eigenvalue weighted by Gasteiger charge is 2.34. The van der Waals surface area contributed by atoms with Crippen LogP contribution in [0.4, 0.5) is 4.79 Å². The number of Topliss-reactive ketones (excluding diaryl/α,β-unsaturated/α-hetero) is 1. The minimum absolute atomic E-state index is 0.0976. The number of carbonyl (C=O) groups is 3. The van der Waals surface area contributed by atoms with Crippen LogP contribution in [0, 0.1) is 18.8 Å². The Bertz CT molecular complexity index is 1950. The number of fused-ring (bicyclic) bond motifs is 4. The number of carboxylic acids is 1. The van der Waals surface area contributed by atoms with Gasteiger partial charge in [-0.05, 0) is 65.3 Å². The molecule has 2 atom stereocenters. The Morgan fingerprint density at radius 2 is 1.55 bits per heavy atom. The molecule has 2 heterocycles. The van der Waals surface area contributed by atoms with Gasteiger partial charge < -0.3 is 19.3 Å². The van der Waals surface area contributed by atoms with Crippen LogP contribution in [-0.4, -0.2) is 57.1 Å². The van der Waals surface area contributed by atoms with E-state index in [1.165, 1.54) is 4.90 Å². The minimum atomic E-state index is -1.01. The van der Waals surface area contributed by atoms with Crippen molar-refractivity contribution in [2.75, 3.05) is 13.7 Å². The second-order valence-electron chi connectivity index (χ2n) is 13.5. The van der Waals surface area contributed by atoms with Gasteiger partial charge in [0.15, 0.2) is 5.78 Å². The van der Waals surface area contributed by atoms with E-state index in [2.05, 4.69) is 33.8 Å². The predicted octanol–water partition coefficient (Wildman–Crippen LogP) is 7.89. The number of hydrogen-bond donors (Lipinski definition) is 1. The third-order valence-corrected chi connectivity index (χ3v) is 9.58. The van der Waals surface area contributed by atoms with Crippen molar-refractivity contribution in [2.45, 2.75) is 58.5 Å². The molecule has 49 heavy (non-hydrogen) atoms. The van der Waals surface area contributed by atoms with Gasteiger partial charge in [0.2, 0.25) is 0 Å². The first-order chi connectivity index (χ1) is 23.6. The monoisotopic (exact) mass is 657 g/mol. The molecule has 2 aromatic heterocycles. The van der Waals surface area contributed by atoms with Gasteiger partial charge in [-0.3, -0.25) is 14.6 Å². The molecule has 0 saturated carbocycles. The van der Waals surface area contributed by atoms with Crippen molar-refractivity contribution in [3.63, 3.8) is 0 Å². The highest BCUT2D eigenvalue weighted by atomic mass is 16.6. The Hall–Kier alpha value is -5.24. The summed E-state index contributed by atoms with van der Waals surface area (Å²) in [4.78, 5) is 46.2. The number of carboxylic acid groups (broad SMARTS) is 1. The van der Waals surface area contributed by atoms with Crippen LogP contribution in [-0.2, 0) is 27.3 Å². The first kappa shape index (κ1) is 33.7. The predicted molar refractivity (Wildman–Crippen MR) is 191 cm³/mol. The van der Waals surface area contributed by atoms with Crippen molar-refractivity contribution in [2.24, 2.45) is 11.8 Å². The zero-order valence-corrected chi connectivity index (χ0v) is 28.5. The van der Waals surface area contributed by atoms with Gasteiger partial charge in [-0.1, -0.05) is 86.6 Å². The average molecular weight is 658 g/mol. The molecule has 0 fully saturated rings.